The number of fused-ring (bicyclic) bond motifs is 1. The molecule has 0 aliphatic carbocycles. The molecule has 2 heterocycles. The van der Waals surface area contributed by atoms with Crippen LogP contribution in [0.2, 0.25) is 0 Å². The molecular formula is C14H16N4O2. The Bertz CT molecular complexity index is 673. The Morgan fingerprint density at radius 2 is 2.25 bits per heavy atom. The average molecular weight is 272 g/mol. The number of anilines is 1. The first-order valence-electron chi connectivity index (χ1n) is 6.64. The fourth-order valence-electron chi connectivity index (χ4n) is 2.85. The van der Waals surface area contributed by atoms with E-state index >= 15 is 0 Å². The van der Waals surface area contributed by atoms with E-state index in [4.69, 9.17) is 5.73 Å². The molecule has 6 heteroatoms. The van der Waals surface area contributed by atoms with Crippen LogP contribution in [0.25, 0.3) is 10.9 Å². The van der Waals surface area contributed by atoms with E-state index in [0.29, 0.717) is 16.6 Å². The highest BCUT2D eigenvalue weighted by Gasteiger charge is 2.33. The van der Waals surface area contributed by atoms with Crippen molar-refractivity contribution in [3.63, 3.8) is 0 Å². The lowest BCUT2D eigenvalue weighted by atomic mass is 10.1. The maximum atomic E-state index is 11.5. The smallest absolute Gasteiger partial charge is 0.301 e. The van der Waals surface area contributed by atoms with Crippen LogP contribution in [0.5, 0.6) is 0 Å². The van der Waals surface area contributed by atoms with Gasteiger partial charge in [0.2, 0.25) is 0 Å². The topological polar surface area (TPSA) is 85.3 Å². The highest BCUT2D eigenvalue weighted by Crippen LogP contribution is 2.38. The van der Waals surface area contributed by atoms with Crippen LogP contribution in [-0.4, -0.2) is 28.5 Å². The zero-order valence-corrected chi connectivity index (χ0v) is 11.2. The summed E-state index contributed by atoms with van der Waals surface area (Å²) >= 11 is 0. The van der Waals surface area contributed by atoms with E-state index in [1.54, 1.807) is 24.4 Å². The van der Waals surface area contributed by atoms with Crippen LogP contribution >= 0.6 is 0 Å². The van der Waals surface area contributed by atoms with Gasteiger partial charge in [-0.15, -0.1) is 0 Å². The van der Waals surface area contributed by atoms with Gasteiger partial charge in [-0.2, -0.15) is 0 Å². The lowest BCUT2D eigenvalue weighted by Gasteiger charge is -2.25. The Labute approximate surface area is 116 Å². The standard InChI is InChI=1S/C14H16N4O2/c1-9-11(15)6-8-17(9)13-5-4-12-10(3-2-7-16-12)14(13)18(19)20/h2-5,7,9,11H,6,8,15H2,1H3. The molecule has 1 aromatic carbocycles. The van der Waals surface area contributed by atoms with E-state index in [1.807, 2.05) is 17.9 Å². The average Bonchev–Trinajstić information content (AvgIpc) is 2.77. The summed E-state index contributed by atoms with van der Waals surface area (Å²) in [7, 11) is 0. The van der Waals surface area contributed by atoms with Crippen LogP contribution in [0, 0.1) is 10.1 Å². The third-order valence-corrected chi connectivity index (χ3v) is 4.04. The molecule has 1 aliphatic rings. The van der Waals surface area contributed by atoms with Crippen LogP contribution in [0.4, 0.5) is 11.4 Å². The molecule has 0 radical (unpaired) electrons. The number of rotatable bonds is 2. The second-order valence-corrected chi connectivity index (χ2v) is 5.15. The molecule has 0 spiro atoms. The molecule has 2 aromatic rings. The Kier molecular flexibility index (Phi) is 3.02. The molecular weight excluding hydrogens is 256 g/mol. The molecule has 3 rings (SSSR count). The number of benzene rings is 1. The highest BCUT2D eigenvalue weighted by atomic mass is 16.6. The van der Waals surface area contributed by atoms with Gasteiger partial charge in [-0.25, -0.2) is 0 Å². The summed E-state index contributed by atoms with van der Waals surface area (Å²) < 4.78 is 0. The lowest BCUT2D eigenvalue weighted by molar-refractivity contribution is -0.382. The molecule has 2 unspecified atom stereocenters. The fraction of sp³-hybridized carbons (Fsp3) is 0.357. The molecule has 1 saturated heterocycles. The Morgan fingerprint density at radius 1 is 1.45 bits per heavy atom. The first-order chi connectivity index (χ1) is 9.59. The Morgan fingerprint density at radius 3 is 2.90 bits per heavy atom. The van der Waals surface area contributed by atoms with E-state index in [2.05, 4.69) is 4.98 Å². The third-order valence-electron chi connectivity index (χ3n) is 4.04. The van der Waals surface area contributed by atoms with Gasteiger partial charge < -0.3 is 10.6 Å². The summed E-state index contributed by atoms with van der Waals surface area (Å²) in [5, 5.41) is 12.1. The second kappa shape index (κ2) is 4.72. The van der Waals surface area contributed by atoms with Crippen LogP contribution in [-0.2, 0) is 0 Å². The van der Waals surface area contributed by atoms with Crippen molar-refractivity contribution in [3.8, 4) is 0 Å². The number of hydrogen-bond donors (Lipinski definition) is 1. The third kappa shape index (κ3) is 1.89. The van der Waals surface area contributed by atoms with Gasteiger partial charge in [0.1, 0.15) is 5.69 Å². The van der Waals surface area contributed by atoms with Gasteiger partial charge in [-0.3, -0.25) is 15.1 Å². The molecule has 1 aromatic heterocycles. The van der Waals surface area contributed by atoms with Crippen LogP contribution < -0.4 is 10.6 Å². The quantitative estimate of drug-likeness (QED) is 0.668. The summed E-state index contributed by atoms with van der Waals surface area (Å²) in [6, 6.07) is 7.22. The van der Waals surface area contributed by atoms with Crippen molar-refractivity contribution in [2.45, 2.75) is 25.4 Å². The van der Waals surface area contributed by atoms with Gasteiger partial charge in [-0.05, 0) is 37.6 Å². The second-order valence-electron chi connectivity index (χ2n) is 5.15. The van der Waals surface area contributed by atoms with Gasteiger partial charge in [0.15, 0.2) is 0 Å². The van der Waals surface area contributed by atoms with Crippen molar-refractivity contribution in [3.05, 3.63) is 40.6 Å². The molecule has 2 N–H and O–H groups in total. The van der Waals surface area contributed by atoms with Gasteiger partial charge >= 0.3 is 5.69 Å². The number of nitrogens with zero attached hydrogens (tertiary/aromatic N) is 3. The zero-order chi connectivity index (χ0) is 14.3. The van der Waals surface area contributed by atoms with Crippen molar-refractivity contribution in [2.75, 3.05) is 11.4 Å². The van der Waals surface area contributed by atoms with Crippen molar-refractivity contribution in [2.24, 2.45) is 5.73 Å². The largest absolute Gasteiger partial charge is 0.362 e. The first-order valence-corrected chi connectivity index (χ1v) is 6.64. The Balaban J connectivity index is 2.21. The van der Waals surface area contributed by atoms with E-state index in [9.17, 15) is 10.1 Å². The van der Waals surface area contributed by atoms with E-state index in [-0.39, 0.29) is 22.7 Å². The maximum Gasteiger partial charge on any atom is 0.301 e. The molecule has 0 amide bonds. The molecule has 0 bridgehead atoms. The van der Waals surface area contributed by atoms with Crippen molar-refractivity contribution >= 4 is 22.3 Å². The summed E-state index contributed by atoms with van der Waals surface area (Å²) in [6.07, 6.45) is 2.49. The molecule has 104 valence electrons. The predicted molar refractivity (Wildman–Crippen MR) is 77.8 cm³/mol. The van der Waals surface area contributed by atoms with Crippen molar-refractivity contribution < 1.29 is 4.92 Å². The predicted octanol–water partition coefficient (Wildman–Crippen LogP) is 2.07. The monoisotopic (exact) mass is 272 g/mol. The number of aromatic nitrogens is 1. The van der Waals surface area contributed by atoms with Gasteiger partial charge in [0.05, 0.1) is 15.8 Å². The van der Waals surface area contributed by atoms with E-state index in [0.717, 1.165) is 13.0 Å². The summed E-state index contributed by atoms with van der Waals surface area (Å²) in [5.74, 6) is 0. The molecule has 2 atom stereocenters. The van der Waals surface area contributed by atoms with Crippen LogP contribution in [0.1, 0.15) is 13.3 Å². The van der Waals surface area contributed by atoms with Crippen molar-refractivity contribution in [1.29, 1.82) is 0 Å². The minimum Gasteiger partial charge on any atom is -0.362 e. The number of nitrogens with two attached hydrogens (primary N) is 1. The molecule has 1 aliphatic heterocycles. The summed E-state index contributed by atoms with van der Waals surface area (Å²) in [6.45, 7) is 2.75. The van der Waals surface area contributed by atoms with Gasteiger partial charge in [-0.1, -0.05) is 0 Å². The zero-order valence-electron chi connectivity index (χ0n) is 11.2. The number of nitro groups is 1. The first kappa shape index (κ1) is 12.8. The van der Waals surface area contributed by atoms with Gasteiger partial charge in [0.25, 0.3) is 0 Å². The fourth-order valence-corrected chi connectivity index (χ4v) is 2.85. The SMILES string of the molecule is CC1C(N)CCN1c1ccc2ncccc2c1[N+](=O)[O-]. The Hall–Kier alpha value is -2.21. The van der Waals surface area contributed by atoms with Gasteiger partial charge in [0, 0.05) is 24.8 Å². The minimum absolute atomic E-state index is 0.0548. The molecule has 6 nitrogen and oxygen atoms in total. The number of pyridine rings is 1. The van der Waals surface area contributed by atoms with Crippen LogP contribution in [0.15, 0.2) is 30.5 Å². The minimum atomic E-state index is -0.324. The maximum absolute atomic E-state index is 11.5. The van der Waals surface area contributed by atoms with E-state index < -0.39 is 0 Å². The molecule has 0 saturated carbocycles. The van der Waals surface area contributed by atoms with Crippen LogP contribution in [0.3, 0.4) is 0 Å². The summed E-state index contributed by atoms with van der Waals surface area (Å²) in [5.41, 5.74) is 7.42. The lowest BCUT2D eigenvalue weighted by Crippen LogP contribution is -2.37. The van der Waals surface area contributed by atoms with E-state index in [1.165, 1.54) is 0 Å². The molecule has 1 fully saturated rings. The van der Waals surface area contributed by atoms with Crippen molar-refractivity contribution in [1.82, 2.24) is 4.98 Å². The number of nitro benzene ring substituents is 1. The number of hydrogen-bond acceptors (Lipinski definition) is 5. The highest BCUT2D eigenvalue weighted by molar-refractivity contribution is 5.94. The normalized spacial score (nSPS) is 22.4. The molecule has 20 heavy (non-hydrogen) atoms. The summed E-state index contributed by atoms with van der Waals surface area (Å²) in [4.78, 5) is 17.4.